The van der Waals surface area contributed by atoms with Crippen molar-refractivity contribution in [3.63, 3.8) is 0 Å². The summed E-state index contributed by atoms with van der Waals surface area (Å²) in [4.78, 5) is 4.20. The summed E-state index contributed by atoms with van der Waals surface area (Å²) >= 11 is 0. The third kappa shape index (κ3) is 7.03. The van der Waals surface area contributed by atoms with E-state index in [0.29, 0.717) is 12.0 Å². The number of fused-ring (bicyclic) bond motifs is 1. The molecule has 1 N–H and O–H groups in total. The van der Waals surface area contributed by atoms with Crippen LogP contribution in [-0.2, 0) is 25.6 Å². The van der Waals surface area contributed by atoms with Gasteiger partial charge in [0, 0.05) is 29.8 Å². The second-order valence-corrected chi connectivity index (χ2v) is 10.5. The Morgan fingerprint density at radius 2 is 1.72 bits per heavy atom. The summed E-state index contributed by atoms with van der Waals surface area (Å²) in [6.45, 7) is 4.77. The molecule has 4 rings (SSSR count). The monoisotopic (exact) mass is 553 g/mol. The van der Waals surface area contributed by atoms with Gasteiger partial charge >= 0.3 is 6.18 Å². The lowest BCUT2D eigenvalue weighted by molar-refractivity contribution is -0.137. The van der Waals surface area contributed by atoms with Gasteiger partial charge in [0.1, 0.15) is 18.2 Å². The number of hydrogen-bond acceptors (Lipinski definition) is 4. The molecule has 0 saturated heterocycles. The van der Waals surface area contributed by atoms with E-state index in [9.17, 15) is 31.4 Å². The Balaban J connectivity index is 1.67. The van der Waals surface area contributed by atoms with Gasteiger partial charge in [-0.3, -0.25) is 0 Å². The molecule has 0 bridgehead atoms. The largest absolute Gasteiger partial charge is 0.493 e. The Kier molecular flexibility index (Phi) is 8.16. The second kappa shape index (κ2) is 11.1. The Morgan fingerprint density at radius 1 is 1.00 bits per heavy atom. The zero-order valence-electron chi connectivity index (χ0n) is 21.7. The van der Waals surface area contributed by atoms with Crippen LogP contribution in [0.2, 0.25) is 0 Å². The number of halogens is 6. The van der Waals surface area contributed by atoms with Crippen molar-refractivity contribution in [2.45, 2.75) is 64.8 Å². The molecular formula is C29H29F6NO3. The fourth-order valence-corrected chi connectivity index (χ4v) is 4.59. The van der Waals surface area contributed by atoms with E-state index < -0.39 is 52.9 Å². The van der Waals surface area contributed by atoms with E-state index in [1.807, 2.05) is 0 Å². The predicted molar refractivity (Wildman–Crippen MR) is 133 cm³/mol. The maximum atomic E-state index is 14.8. The molecule has 3 aromatic rings. The number of pyridine rings is 1. The minimum absolute atomic E-state index is 0.00695. The number of rotatable bonds is 9. The van der Waals surface area contributed by atoms with Crippen LogP contribution in [0.25, 0.3) is 11.1 Å². The second-order valence-electron chi connectivity index (χ2n) is 10.5. The van der Waals surface area contributed by atoms with E-state index in [4.69, 9.17) is 9.47 Å². The smallest absolute Gasteiger partial charge is 0.417 e. The first-order chi connectivity index (χ1) is 18.2. The minimum atomic E-state index is -5.00. The minimum Gasteiger partial charge on any atom is -0.493 e. The van der Waals surface area contributed by atoms with E-state index >= 15 is 0 Å². The Morgan fingerprint density at radius 3 is 2.38 bits per heavy atom. The summed E-state index contributed by atoms with van der Waals surface area (Å²) in [7, 11) is 0. The molecule has 0 unspecified atom stereocenters. The quantitative estimate of drug-likeness (QED) is 0.276. The van der Waals surface area contributed by atoms with Crippen LogP contribution in [0.3, 0.4) is 0 Å². The molecule has 10 heteroatoms. The summed E-state index contributed by atoms with van der Waals surface area (Å²) in [5.74, 6) is -0.514. The van der Waals surface area contributed by atoms with Crippen molar-refractivity contribution in [1.82, 2.24) is 4.98 Å². The summed E-state index contributed by atoms with van der Waals surface area (Å²) in [5.41, 5.74) is -2.24. The first-order valence-corrected chi connectivity index (χ1v) is 12.5. The zero-order valence-corrected chi connectivity index (χ0v) is 21.7. The van der Waals surface area contributed by atoms with Crippen molar-refractivity contribution in [2.75, 3.05) is 6.61 Å². The fourth-order valence-electron chi connectivity index (χ4n) is 4.59. The molecule has 0 radical (unpaired) electrons. The molecule has 0 aliphatic heterocycles. The average Bonchev–Trinajstić information content (AvgIpc) is 3.21. The molecule has 1 aliphatic carbocycles. The maximum Gasteiger partial charge on any atom is 0.417 e. The molecule has 1 aromatic heterocycles. The number of nitrogens with zero attached hydrogens (tertiary/aromatic N) is 1. The normalized spacial score (nSPS) is 15.5. The zero-order chi connectivity index (χ0) is 28.5. The molecule has 39 heavy (non-hydrogen) atoms. The lowest BCUT2D eigenvalue weighted by Crippen LogP contribution is -2.21. The molecule has 0 saturated carbocycles. The third-order valence-electron chi connectivity index (χ3n) is 6.59. The SMILES string of the molecule is C[C@@H]1Cc2cnc(OCc3cc(-c4ccc(OCCC(C)(C)O)cc4C(F)F)c(C(F)(F)F)cc3F)cc2C1. The van der Waals surface area contributed by atoms with Crippen molar-refractivity contribution in [3.8, 4) is 22.8 Å². The lowest BCUT2D eigenvalue weighted by atomic mass is 9.93. The molecule has 2 aromatic carbocycles. The first-order valence-electron chi connectivity index (χ1n) is 12.5. The van der Waals surface area contributed by atoms with Crippen LogP contribution in [0.4, 0.5) is 26.3 Å². The van der Waals surface area contributed by atoms with Crippen LogP contribution >= 0.6 is 0 Å². The molecular weight excluding hydrogens is 524 g/mol. The van der Waals surface area contributed by atoms with Gasteiger partial charge in [-0.1, -0.05) is 13.0 Å². The van der Waals surface area contributed by atoms with Gasteiger partial charge in [0.15, 0.2) is 0 Å². The van der Waals surface area contributed by atoms with E-state index in [0.717, 1.165) is 42.2 Å². The Labute approximate surface area is 222 Å². The molecule has 4 nitrogen and oxygen atoms in total. The van der Waals surface area contributed by atoms with Crippen molar-refractivity contribution in [3.05, 3.63) is 76.2 Å². The number of benzene rings is 2. The number of hydrogen-bond donors (Lipinski definition) is 1. The highest BCUT2D eigenvalue weighted by molar-refractivity contribution is 5.73. The third-order valence-corrected chi connectivity index (χ3v) is 6.59. The van der Waals surface area contributed by atoms with Crippen LogP contribution in [0.5, 0.6) is 11.6 Å². The molecule has 1 atom stereocenters. The van der Waals surface area contributed by atoms with Gasteiger partial charge in [0.25, 0.3) is 6.43 Å². The van der Waals surface area contributed by atoms with Crippen LogP contribution in [-0.4, -0.2) is 22.3 Å². The fraction of sp³-hybridized carbons (Fsp3) is 0.414. The summed E-state index contributed by atoms with van der Waals surface area (Å²) in [6, 6.07) is 6.24. The van der Waals surface area contributed by atoms with E-state index in [-0.39, 0.29) is 30.2 Å². The molecule has 210 valence electrons. The Bertz CT molecular complexity index is 1330. The van der Waals surface area contributed by atoms with Crippen LogP contribution in [0.1, 0.15) is 61.4 Å². The topological polar surface area (TPSA) is 51.6 Å². The van der Waals surface area contributed by atoms with Crippen molar-refractivity contribution in [1.29, 1.82) is 0 Å². The highest BCUT2D eigenvalue weighted by Crippen LogP contribution is 2.42. The first kappa shape index (κ1) is 28.7. The number of aliphatic hydroxyl groups is 1. The predicted octanol–water partition coefficient (Wildman–Crippen LogP) is 7.70. The standard InChI is InChI=1S/C29H29F6NO3/c1-16-8-17-11-26(36-14-18(17)9-16)39-15-19-10-22(24(13-25(19)30)29(33,34)35)21-5-4-20(12-23(21)27(31)32)38-7-6-28(2,3)37/h4-5,10-14,16,27,37H,6-9,15H2,1-3H3/t16-/m0/s1. The number of ether oxygens (including phenoxy) is 2. The van der Waals surface area contributed by atoms with Gasteiger partial charge < -0.3 is 14.6 Å². The highest BCUT2D eigenvalue weighted by Gasteiger charge is 2.36. The molecule has 0 spiro atoms. The summed E-state index contributed by atoms with van der Waals surface area (Å²) in [5, 5.41) is 9.80. The molecule has 1 aliphatic rings. The van der Waals surface area contributed by atoms with Gasteiger partial charge in [-0.2, -0.15) is 13.2 Å². The van der Waals surface area contributed by atoms with Gasteiger partial charge in [0.05, 0.1) is 17.8 Å². The van der Waals surface area contributed by atoms with E-state index in [1.54, 1.807) is 26.1 Å². The van der Waals surface area contributed by atoms with Crippen molar-refractivity contribution >= 4 is 0 Å². The summed E-state index contributed by atoms with van der Waals surface area (Å²) < 4.78 is 95.6. The van der Waals surface area contributed by atoms with Crippen LogP contribution < -0.4 is 9.47 Å². The summed E-state index contributed by atoms with van der Waals surface area (Å²) in [6.07, 6.45) is -4.55. The van der Waals surface area contributed by atoms with Gasteiger partial charge in [-0.15, -0.1) is 0 Å². The van der Waals surface area contributed by atoms with E-state index in [2.05, 4.69) is 11.9 Å². The molecule has 0 amide bonds. The molecule has 0 fully saturated rings. The lowest BCUT2D eigenvalue weighted by Gasteiger charge is -2.20. The van der Waals surface area contributed by atoms with Gasteiger partial charge in [0.2, 0.25) is 5.88 Å². The van der Waals surface area contributed by atoms with Crippen LogP contribution in [0, 0.1) is 11.7 Å². The number of alkyl halides is 5. The van der Waals surface area contributed by atoms with Crippen molar-refractivity contribution in [2.24, 2.45) is 5.92 Å². The Hall–Kier alpha value is -3.27. The van der Waals surface area contributed by atoms with E-state index in [1.165, 1.54) is 6.07 Å². The van der Waals surface area contributed by atoms with Crippen LogP contribution in [0.15, 0.2) is 42.6 Å². The van der Waals surface area contributed by atoms with Gasteiger partial charge in [-0.05, 0) is 79.1 Å². The molecule has 1 heterocycles. The van der Waals surface area contributed by atoms with Gasteiger partial charge in [-0.25, -0.2) is 18.2 Å². The highest BCUT2D eigenvalue weighted by atomic mass is 19.4. The number of aromatic nitrogens is 1. The maximum absolute atomic E-state index is 14.8. The average molecular weight is 554 g/mol. The van der Waals surface area contributed by atoms with Crippen molar-refractivity contribution < 1.29 is 40.9 Å².